The maximum atomic E-state index is 4.70. The summed E-state index contributed by atoms with van der Waals surface area (Å²) in [6.45, 7) is 0.799. The predicted octanol–water partition coefficient (Wildman–Crippen LogP) is 6.39. The van der Waals surface area contributed by atoms with Crippen LogP contribution in [0.3, 0.4) is 0 Å². The standard InChI is InChI=1S/C19H12Br3N3/c20-14-3-1-12(2-4-14)10-25-6-5-17-18(11-25)24-19(23-17)13-7-15(21)9-16(22)8-13/h1-9,11H,10H2. The van der Waals surface area contributed by atoms with Gasteiger partial charge in [-0.15, -0.1) is 0 Å². The minimum Gasteiger partial charge on any atom is -0.348 e. The molecule has 2 aromatic rings. The van der Waals surface area contributed by atoms with Crippen LogP contribution in [0, 0.1) is 0 Å². The van der Waals surface area contributed by atoms with Gasteiger partial charge in [-0.2, -0.15) is 0 Å². The predicted molar refractivity (Wildman–Crippen MR) is 111 cm³/mol. The molecule has 25 heavy (non-hydrogen) atoms. The highest BCUT2D eigenvalue weighted by Gasteiger charge is 2.13. The lowest BCUT2D eigenvalue weighted by Gasteiger charge is -2.08. The van der Waals surface area contributed by atoms with Crippen molar-refractivity contribution in [3.63, 3.8) is 0 Å². The van der Waals surface area contributed by atoms with E-state index >= 15 is 0 Å². The Hall–Kier alpha value is -1.50. The van der Waals surface area contributed by atoms with E-state index in [9.17, 15) is 0 Å². The maximum Gasteiger partial charge on any atom is 0.160 e. The average molecular weight is 522 g/mol. The van der Waals surface area contributed by atoms with Crippen LogP contribution in [0.2, 0.25) is 0 Å². The number of nitrogens with zero attached hydrogens (tertiary/aromatic N) is 3. The van der Waals surface area contributed by atoms with Gasteiger partial charge in [0.05, 0.1) is 5.69 Å². The Morgan fingerprint density at radius 3 is 2.16 bits per heavy atom. The molecule has 3 nitrogen and oxygen atoms in total. The summed E-state index contributed by atoms with van der Waals surface area (Å²) in [5.74, 6) is 0.735. The van der Waals surface area contributed by atoms with Crippen molar-refractivity contribution < 1.29 is 0 Å². The molecule has 4 rings (SSSR count). The molecule has 0 bridgehead atoms. The van der Waals surface area contributed by atoms with Crippen LogP contribution in [0.25, 0.3) is 22.8 Å². The number of benzene rings is 2. The molecule has 0 saturated heterocycles. The third-order valence-corrected chi connectivity index (χ3v) is 5.27. The monoisotopic (exact) mass is 519 g/mol. The Morgan fingerprint density at radius 1 is 0.760 bits per heavy atom. The van der Waals surface area contributed by atoms with Gasteiger partial charge in [0.15, 0.2) is 5.82 Å². The number of fused-ring (bicyclic) bond motifs is 1. The first-order valence-corrected chi connectivity index (χ1v) is 9.99. The second-order valence-electron chi connectivity index (χ2n) is 5.72. The van der Waals surface area contributed by atoms with Crippen LogP contribution in [0.5, 0.6) is 0 Å². The van der Waals surface area contributed by atoms with Gasteiger partial charge in [-0.25, -0.2) is 9.97 Å². The fourth-order valence-corrected chi connectivity index (χ4v) is 4.22. The van der Waals surface area contributed by atoms with Crippen LogP contribution in [-0.4, -0.2) is 14.5 Å². The first-order chi connectivity index (χ1) is 12.1. The molecule has 2 aliphatic heterocycles. The van der Waals surface area contributed by atoms with Crippen molar-refractivity contribution >= 4 is 47.8 Å². The van der Waals surface area contributed by atoms with Gasteiger partial charge in [0, 0.05) is 37.9 Å². The highest BCUT2D eigenvalue weighted by Crippen LogP contribution is 2.29. The Balaban J connectivity index is 1.67. The van der Waals surface area contributed by atoms with E-state index in [0.717, 1.165) is 42.7 Å². The molecule has 0 spiro atoms. The second-order valence-corrected chi connectivity index (χ2v) is 8.47. The lowest BCUT2D eigenvalue weighted by atomic mass is 10.2. The first-order valence-electron chi connectivity index (χ1n) is 7.61. The van der Waals surface area contributed by atoms with Crippen molar-refractivity contribution in [2.75, 3.05) is 0 Å². The zero-order valence-corrected chi connectivity index (χ0v) is 17.7. The van der Waals surface area contributed by atoms with Crippen LogP contribution in [-0.2, 0) is 6.54 Å². The Kier molecular flexibility index (Phi) is 4.75. The summed E-state index contributed by atoms with van der Waals surface area (Å²) < 4.78 is 5.21. The van der Waals surface area contributed by atoms with E-state index in [0.29, 0.717) is 0 Å². The van der Waals surface area contributed by atoms with E-state index in [1.807, 2.05) is 36.7 Å². The Morgan fingerprint density at radius 2 is 1.44 bits per heavy atom. The van der Waals surface area contributed by atoms with Crippen LogP contribution >= 0.6 is 47.8 Å². The summed E-state index contributed by atoms with van der Waals surface area (Å²) in [6, 6.07) is 16.4. The lowest BCUT2D eigenvalue weighted by molar-refractivity contribution is 0.789. The van der Waals surface area contributed by atoms with Crippen LogP contribution in [0.4, 0.5) is 0 Å². The van der Waals surface area contributed by atoms with Gasteiger partial charge >= 0.3 is 0 Å². The lowest BCUT2D eigenvalue weighted by Crippen LogP contribution is -2.00. The molecule has 2 aromatic carbocycles. The van der Waals surface area contributed by atoms with Crippen molar-refractivity contribution in [1.82, 2.24) is 14.5 Å². The molecule has 124 valence electrons. The molecule has 0 amide bonds. The molecular formula is C19H12Br3N3. The topological polar surface area (TPSA) is 30.7 Å². The van der Waals surface area contributed by atoms with E-state index in [1.165, 1.54) is 5.56 Å². The SMILES string of the molecule is Brc1ccc(Cn2ccc3nc(-c4cc(Br)cc(Br)c4)nc-3c2)cc1. The molecule has 0 aromatic heterocycles. The van der Waals surface area contributed by atoms with Crippen molar-refractivity contribution in [2.24, 2.45) is 0 Å². The van der Waals surface area contributed by atoms with Gasteiger partial charge in [-0.3, -0.25) is 0 Å². The van der Waals surface area contributed by atoms with E-state index in [-0.39, 0.29) is 0 Å². The minimum atomic E-state index is 0.735. The van der Waals surface area contributed by atoms with E-state index in [2.05, 4.69) is 81.6 Å². The summed E-state index contributed by atoms with van der Waals surface area (Å²) >= 11 is 10.5. The molecule has 2 heterocycles. The Labute approximate surface area is 170 Å². The summed E-state index contributed by atoms with van der Waals surface area (Å²) in [5, 5.41) is 0. The smallest absolute Gasteiger partial charge is 0.160 e. The van der Waals surface area contributed by atoms with E-state index in [4.69, 9.17) is 4.98 Å². The normalized spacial score (nSPS) is 11.2. The number of hydrogen-bond donors (Lipinski definition) is 0. The van der Waals surface area contributed by atoms with Gasteiger partial charge in [0.25, 0.3) is 0 Å². The van der Waals surface area contributed by atoms with Crippen molar-refractivity contribution in [1.29, 1.82) is 0 Å². The third kappa shape index (κ3) is 3.86. The van der Waals surface area contributed by atoms with Crippen LogP contribution in [0.1, 0.15) is 5.56 Å². The van der Waals surface area contributed by atoms with Gasteiger partial charge in [-0.05, 0) is 42.0 Å². The number of pyridine rings is 1. The molecule has 0 fully saturated rings. The highest BCUT2D eigenvalue weighted by atomic mass is 79.9. The molecule has 0 N–H and O–H groups in total. The minimum absolute atomic E-state index is 0.735. The summed E-state index contributed by atoms with van der Waals surface area (Å²) in [5.41, 5.74) is 4.02. The molecule has 0 radical (unpaired) electrons. The summed E-state index contributed by atoms with van der Waals surface area (Å²) in [6.07, 6.45) is 4.08. The summed E-state index contributed by atoms with van der Waals surface area (Å²) in [4.78, 5) is 9.35. The first kappa shape index (κ1) is 16.9. The van der Waals surface area contributed by atoms with Crippen molar-refractivity contribution in [3.05, 3.63) is 79.9 Å². The third-order valence-electron chi connectivity index (χ3n) is 3.83. The van der Waals surface area contributed by atoms with Crippen LogP contribution < -0.4 is 0 Å². The second kappa shape index (κ2) is 7.02. The largest absolute Gasteiger partial charge is 0.348 e. The number of aromatic nitrogens is 3. The van der Waals surface area contributed by atoms with E-state index < -0.39 is 0 Å². The summed E-state index contributed by atoms with van der Waals surface area (Å²) in [7, 11) is 0. The van der Waals surface area contributed by atoms with Gasteiger partial charge in [-0.1, -0.05) is 59.9 Å². The maximum absolute atomic E-state index is 4.70. The van der Waals surface area contributed by atoms with Gasteiger partial charge < -0.3 is 4.57 Å². The van der Waals surface area contributed by atoms with Crippen molar-refractivity contribution in [3.8, 4) is 22.8 Å². The molecule has 0 saturated carbocycles. The molecule has 0 aliphatic carbocycles. The molecule has 6 heteroatoms. The zero-order chi connectivity index (χ0) is 17.4. The fourth-order valence-electron chi connectivity index (χ4n) is 2.66. The molecular weight excluding hydrogens is 510 g/mol. The highest BCUT2D eigenvalue weighted by molar-refractivity contribution is 9.11. The number of rotatable bonds is 3. The number of hydrogen-bond acceptors (Lipinski definition) is 2. The van der Waals surface area contributed by atoms with Gasteiger partial charge in [0.2, 0.25) is 0 Å². The fraction of sp³-hybridized carbons (Fsp3) is 0.0526. The average Bonchev–Trinajstić information content (AvgIpc) is 2.99. The quantitative estimate of drug-likeness (QED) is 0.313. The van der Waals surface area contributed by atoms with E-state index in [1.54, 1.807) is 0 Å². The molecule has 2 aliphatic rings. The zero-order valence-electron chi connectivity index (χ0n) is 13.0. The molecule has 0 unspecified atom stereocenters. The van der Waals surface area contributed by atoms with Gasteiger partial charge in [0.1, 0.15) is 5.69 Å². The van der Waals surface area contributed by atoms with Crippen LogP contribution in [0.15, 0.2) is 74.3 Å². The number of imidazole rings is 1. The Bertz CT molecular complexity index is 989. The van der Waals surface area contributed by atoms with Crippen molar-refractivity contribution in [2.45, 2.75) is 6.54 Å². The number of halogens is 3. The molecule has 0 atom stereocenters.